The Hall–Kier alpha value is -4.19. The Morgan fingerprint density at radius 2 is 1.36 bits per heavy atom. The maximum Gasteiger partial charge on any atom is 0.202 e. The van der Waals surface area contributed by atoms with Crippen LogP contribution < -0.4 is 25.2 Å². The maximum atomic E-state index is 12.5. The number of carbonyl (C=O) groups excluding carboxylic acids is 2. The van der Waals surface area contributed by atoms with Crippen molar-refractivity contribution in [2.75, 3.05) is 72.9 Å². The molecule has 12 heteroatoms. The van der Waals surface area contributed by atoms with Crippen molar-refractivity contribution in [3.63, 3.8) is 0 Å². The molecule has 1 aliphatic carbocycles. The number of nitrogens with zero attached hydrogens (tertiary/aromatic N) is 4. The highest BCUT2D eigenvalue weighted by Crippen LogP contribution is 2.34. The number of aliphatic hydroxyl groups is 1. The first kappa shape index (κ1) is 48.8. The van der Waals surface area contributed by atoms with E-state index in [1.165, 1.54) is 17.8 Å². The van der Waals surface area contributed by atoms with Gasteiger partial charge >= 0.3 is 0 Å². The summed E-state index contributed by atoms with van der Waals surface area (Å²) in [5.41, 5.74) is 11.7. The lowest BCUT2D eigenvalue weighted by Gasteiger charge is -2.30. The average Bonchev–Trinajstić information content (AvgIpc) is 3.14. The quantitative estimate of drug-likeness (QED) is 0.116. The van der Waals surface area contributed by atoms with Crippen LogP contribution in [0.25, 0.3) is 0 Å². The van der Waals surface area contributed by atoms with Gasteiger partial charge in [0, 0.05) is 86.0 Å². The normalized spacial score (nSPS) is 13.0. The van der Waals surface area contributed by atoms with Gasteiger partial charge in [-0.25, -0.2) is 0 Å². The molecule has 3 aromatic carbocycles. The lowest BCUT2D eigenvalue weighted by molar-refractivity contribution is -0.116. The van der Waals surface area contributed by atoms with Gasteiger partial charge in [0.1, 0.15) is 18.1 Å². The van der Waals surface area contributed by atoms with Crippen molar-refractivity contribution in [2.24, 2.45) is 0 Å². The van der Waals surface area contributed by atoms with Crippen LogP contribution >= 0.6 is 29.4 Å². The predicted molar refractivity (Wildman–Crippen MR) is 237 cm³/mol. The molecule has 304 valence electrons. The van der Waals surface area contributed by atoms with Crippen LogP contribution in [0.4, 0.5) is 22.7 Å². The van der Waals surface area contributed by atoms with Crippen LogP contribution in [0.3, 0.4) is 0 Å². The second kappa shape index (κ2) is 24.3. The molecule has 2 aliphatic rings. The fourth-order valence-corrected chi connectivity index (χ4v) is 6.52. The number of halogens is 2. The van der Waals surface area contributed by atoms with Gasteiger partial charge in [-0.2, -0.15) is 0 Å². The molecule has 0 saturated heterocycles. The van der Waals surface area contributed by atoms with E-state index in [0.717, 1.165) is 61.2 Å². The molecule has 5 rings (SSSR count). The average molecular weight is 845 g/mol. The van der Waals surface area contributed by atoms with E-state index < -0.39 is 0 Å². The molecule has 55 heavy (non-hydrogen) atoms. The third-order valence-electron chi connectivity index (χ3n) is 9.33. The number of phenols is 1. The van der Waals surface area contributed by atoms with Crippen LogP contribution in [0.2, 0.25) is 0 Å². The second-order valence-corrected chi connectivity index (χ2v) is 13.5. The molecule has 0 saturated carbocycles. The molecule has 0 aromatic heterocycles. The highest BCUT2D eigenvalue weighted by Gasteiger charge is 2.24. The first-order chi connectivity index (χ1) is 25.4. The van der Waals surface area contributed by atoms with E-state index >= 15 is 0 Å². The summed E-state index contributed by atoms with van der Waals surface area (Å²) in [5.74, 6) is 0.851. The number of fused-ring (bicyclic) bond motifs is 1. The Bertz CT molecular complexity index is 1680. The molecule has 0 radical (unpaired) electrons. The third-order valence-corrected chi connectivity index (χ3v) is 9.33. The topological polar surface area (TPSA) is 123 Å². The molecule has 0 fully saturated rings. The first-order valence-electron chi connectivity index (χ1n) is 18.9. The van der Waals surface area contributed by atoms with E-state index in [1.54, 1.807) is 17.0 Å². The van der Waals surface area contributed by atoms with Crippen molar-refractivity contribution in [1.29, 1.82) is 0 Å². The van der Waals surface area contributed by atoms with E-state index in [9.17, 15) is 14.7 Å². The van der Waals surface area contributed by atoms with E-state index in [1.807, 2.05) is 37.3 Å². The number of nitrogen functional groups attached to an aromatic ring is 1. The van der Waals surface area contributed by atoms with E-state index in [4.69, 9.17) is 15.6 Å². The van der Waals surface area contributed by atoms with Crippen LogP contribution in [-0.2, 0) is 16.0 Å². The number of ether oxygens (including phenoxy) is 1. The van der Waals surface area contributed by atoms with Crippen molar-refractivity contribution in [3.8, 4) is 11.5 Å². The number of likely N-dealkylation sites (N-methyl/N-ethyl adjacent to an activating group) is 2. The predicted octanol–water partition coefficient (Wildman–Crippen LogP) is 7.85. The second-order valence-electron chi connectivity index (χ2n) is 13.5. The number of rotatable bonds is 13. The largest absolute Gasteiger partial charge is 0.508 e. The van der Waals surface area contributed by atoms with Gasteiger partial charge in [0.05, 0.1) is 24.5 Å². The molecule has 1 heterocycles. The standard InChI is InChI=1S/C22H30N2O3.C11H18N2.C10H13NO2.BrH.ClH/c1-5-23(11-12-25)20-15-21(26)18(14-22(20)27)13-17-7-9-19(10-8-17)24(6-2)16(3)4;1-4-13(9(2)3)11-7-5-10(12)6-8-11;1-2-11-5-6-13-10-4-3-8(12)7-9(10)11;;/h7-10,14-16,25H,5-6,11-13H2,1-4H3;5-9H,4,12H2,1-3H3;3-4,7,12H,2,5-6H2,1H3;2*1H. The number of aliphatic hydroxyl groups excluding tert-OH is 1. The van der Waals surface area contributed by atoms with Crippen molar-refractivity contribution in [3.05, 3.63) is 95.7 Å². The maximum absolute atomic E-state index is 12.5. The molecule has 0 amide bonds. The Kier molecular flexibility index (Phi) is 21.6. The minimum Gasteiger partial charge on any atom is -0.508 e. The van der Waals surface area contributed by atoms with Gasteiger partial charge in [0.25, 0.3) is 0 Å². The zero-order chi connectivity index (χ0) is 39.1. The summed E-state index contributed by atoms with van der Waals surface area (Å²) in [6, 6.07) is 22.4. The van der Waals surface area contributed by atoms with Gasteiger partial charge in [-0.05, 0) is 116 Å². The number of hydrogen-bond donors (Lipinski definition) is 3. The minimum absolute atomic E-state index is 0. The van der Waals surface area contributed by atoms with E-state index in [2.05, 4.69) is 87.4 Å². The Balaban J connectivity index is 0.000000452. The van der Waals surface area contributed by atoms with Gasteiger partial charge < -0.3 is 40.3 Å². The number of allylic oxidation sites excluding steroid dienone is 3. The van der Waals surface area contributed by atoms with E-state index in [-0.39, 0.29) is 47.6 Å². The van der Waals surface area contributed by atoms with E-state index in [0.29, 0.717) is 48.6 Å². The fraction of sp³-hybridized carbons (Fsp3) is 0.442. The van der Waals surface area contributed by atoms with Crippen LogP contribution in [-0.4, -0.2) is 91.2 Å². The van der Waals surface area contributed by atoms with Crippen LogP contribution in [0.1, 0.15) is 61.0 Å². The monoisotopic (exact) mass is 843 g/mol. The summed E-state index contributed by atoms with van der Waals surface area (Å²) >= 11 is 0. The van der Waals surface area contributed by atoms with Gasteiger partial charge in [-0.15, -0.1) is 29.4 Å². The van der Waals surface area contributed by atoms with Crippen LogP contribution in [0.15, 0.2) is 90.2 Å². The molecule has 1 aliphatic heterocycles. The number of ketones is 2. The summed E-state index contributed by atoms with van der Waals surface area (Å²) < 4.78 is 5.46. The Morgan fingerprint density at radius 1 is 0.800 bits per heavy atom. The Morgan fingerprint density at radius 3 is 1.85 bits per heavy atom. The van der Waals surface area contributed by atoms with Gasteiger partial charge in [-0.1, -0.05) is 12.1 Å². The van der Waals surface area contributed by atoms with Crippen molar-refractivity contribution < 1.29 is 24.5 Å². The van der Waals surface area contributed by atoms with Crippen molar-refractivity contribution >= 4 is 63.7 Å². The Labute approximate surface area is 345 Å². The van der Waals surface area contributed by atoms with Gasteiger partial charge in [0.15, 0.2) is 5.78 Å². The summed E-state index contributed by atoms with van der Waals surface area (Å²) in [6.45, 7) is 22.4. The number of aromatic hydroxyl groups is 1. The number of hydrogen-bond acceptors (Lipinski definition) is 10. The summed E-state index contributed by atoms with van der Waals surface area (Å²) in [4.78, 5) is 33.5. The highest BCUT2D eigenvalue weighted by molar-refractivity contribution is 8.93. The molecule has 4 N–H and O–H groups in total. The minimum atomic E-state index is -0.173. The summed E-state index contributed by atoms with van der Waals surface area (Å²) in [6.07, 6.45) is 3.29. The first-order valence-corrected chi connectivity index (χ1v) is 18.9. The molecule has 0 unspecified atom stereocenters. The van der Waals surface area contributed by atoms with Crippen molar-refractivity contribution in [1.82, 2.24) is 4.90 Å². The van der Waals surface area contributed by atoms with Gasteiger partial charge in [0.2, 0.25) is 5.78 Å². The number of nitrogens with two attached hydrogens (primary N) is 1. The summed E-state index contributed by atoms with van der Waals surface area (Å²) in [7, 11) is 0. The molecule has 0 spiro atoms. The highest BCUT2D eigenvalue weighted by atomic mass is 79.9. The molecular formula is C43H63BrClN5O5. The SMILES string of the molecule is Br.CCN(CCO)C1=CC(=O)C(Cc2ccc(N(CC)C(C)C)cc2)=CC1=O.CCN(c1ccc(N)cc1)C(C)C.CCN1CCOc2ccc(O)cc21.Cl. The lowest BCUT2D eigenvalue weighted by Crippen LogP contribution is -2.32. The number of phenolic OH excluding ortho intramolecular Hbond substituents is 1. The molecule has 10 nitrogen and oxygen atoms in total. The van der Waals surface area contributed by atoms with Crippen LogP contribution in [0.5, 0.6) is 11.5 Å². The number of anilines is 4. The number of carbonyl (C=O) groups is 2. The fourth-order valence-electron chi connectivity index (χ4n) is 6.52. The smallest absolute Gasteiger partial charge is 0.202 e. The summed E-state index contributed by atoms with van der Waals surface area (Å²) in [5, 5.41) is 18.4. The molecular weight excluding hydrogens is 782 g/mol. The van der Waals surface area contributed by atoms with Crippen molar-refractivity contribution in [2.45, 2.75) is 73.9 Å². The molecule has 3 aromatic rings. The zero-order valence-electron chi connectivity index (χ0n) is 33.8. The van der Waals surface area contributed by atoms with Gasteiger partial charge in [-0.3, -0.25) is 9.59 Å². The third kappa shape index (κ3) is 14.1. The van der Waals surface area contributed by atoms with Crippen LogP contribution in [0, 0.1) is 0 Å². The molecule has 0 atom stereocenters. The zero-order valence-corrected chi connectivity index (χ0v) is 36.4. The lowest BCUT2D eigenvalue weighted by atomic mass is 9.94. The number of benzene rings is 3. The molecule has 0 bridgehead atoms.